The number of thiocarbonyl (C=S) groups is 1. The summed E-state index contributed by atoms with van der Waals surface area (Å²) in [6.45, 7) is 1.45. The number of primary amides is 1. The Bertz CT molecular complexity index is 406. The number of benzene rings is 1. The number of amides is 1. The van der Waals surface area contributed by atoms with Crippen LogP contribution in [0.25, 0.3) is 0 Å². The third-order valence-corrected chi connectivity index (χ3v) is 2.48. The number of nitrogens with one attached hydrogen (secondary N) is 2. The number of hydrogen-bond acceptors (Lipinski definition) is 3. The summed E-state index contributed by atoms with van der Waals surface area (Å²) in [5.74, 6) is -0.443. The summed E-state index contributed by atoms with van der Waals surface area (Å²) in [6.07, 6.45) is 0.888. The number of nitrogens with two attached hydrogens (primary N) is 1. The molecule has 1 amide bonds. The van der Waals surface area contributed by atoms with Gasteiger partial charge in [0, 0.05) is 31.5 Å². The smallest absolute Gasteiger partial charge is 0.248 e. The Hall–Kier alpha value is -1.66. The van der Waals surface area contributed by atoms with Gasteiger partial charge in [-0.1, -0.05) is 0 Å². The third-order valence-electron chi connectivity index (χ3n) is 2.24. The summed E-state index contributed by atoms with van der Waals surface area (Å²) < 4.78 is 4.93. The van der Waals surface area contributed by atoms with Crippen LogP contribution < -0.4 is 16.4 Å². The molecule has 1 rings (SSSR count). The fourth-order valence-corrected chi connectivity index (χ4v) is 1.53. The highest BCUT2D eigenvalue weighted by Crippen LogP contribution is 2.08. The highest BCUT2D eigenvalue weighted by Gasteiger charge is 2.00. The highest BCUT2D eigenvalue weighted by molar-refractivity contribution is 7.80. The summed E-state index contributed by atoms with van der Waals surface area (Å²) in [7, 11) is 1.66. The topological polar surface area (TPSA) is 76.4 Å². The SMILES string of the molecule is COCCCNC(=S)Nc1ccc(C(N)=O)cc1. The van der Waals surface area contributed by atoms with Crippen LogP contribution in [0.15, 0.2) is 24.3 Å². The van der Waals surface area contributed by atoms with Crippen molar-refractivity contribution in [3.63, 3.8) is 0 Å². The van der Waals surface area contributed by atoms with Crippen molar-refractivity contribution in [3.8, 4) is 0 Å². The van der Waals surface area contributed by atoms with Crippen molar-refractivity contribution in [1.82, 2.24) is 5.32 Å². The van der Waals surface area contributed by atoms with Crippen LogP contribution in [0.2, 0.25) is 0 Å². The molecule has 1 aromatic rings. The quantitative estimate of drug-likeness (QED) is 0.531. The Morgan fingerprint density at radius 3 is 2.61 bits per heavy atom. The zero-order valence-corrected chi connectivity index (χ0v) is 11.0. The predicted octanol–water partition coefficient (Wildman–Crippen LogP) is 1.11. The molecule has 0 aromatic heterocycles. The maximum atomic E-state index is 10.9. The molecule has 0 aliphatic rings. The van der Waals surface area contributed by atoms with E-state index in [-0.39, 0.29) is 0 Å². The van der Waals surface area contributed by atoms with Crippen LogP contribution in [0.3, 0.4) is 0 Å². The van der Waals surface area contributed by atoms with E-state index in [9.17, 15) is 4.79 Å². The van der Waals surface area contributed by atoms with E-state index in [1.165, 1.54) is 0 Å². The van der Waals surface area contributed by atoms with E-state index in [0.717, 1.165) is 18.7 Å². The second-order valence-electron chi connectivity index (χ2n) is 3.67. The third kappa shape index (κ3) is 5.11. The van der Waals surface area contributed by atoms with Crippen LogP contribution in [0.5, 0.6) is 0 Å². The lowest BCUT2D eigenvalue weighted by Crippen LogP contribution is -2.29. The Balaban J connectivity index is 2.37. The van der Waals surface area contributed by atoms with E-state index in [2.05, 4.69) is 10.6 Å². The molecule has 0 saturated heterocycles. The molecule has 6 heteroatoms. The van der Waals surface area contributed by atoms with E-state index in [4.69, 9.17) is 22.7 Å². The fourth-order valence-electron chi connectivity index (χ4n) is 1.31. The monoisotopic (exact) mass is 267 g/mol. The predicted molar refractivity (Wildman–Crippen MR) is 75.7 cm³/mol. The zero-order valence-electron chi connectivity index (χ0n) is 10.2. The molecule has 0 heterocycles. The van der Waals surface area contributed by atoms with Gasteiger partial charge >= 0.3 is 0 Å². The van der Waals surface area contributed by atoms with Crippen molar-refractivity contribution in [2.75, 3.05) is 25.6 Å². The minimum Gasteiger partial charge on any atom is -0.385 e. The van der Waals surface area contributed by atoms with Crippen molar-refractivity contribution in [1.29, 1.82) is 0 Å². The zero-order chi connectivity index (χ0) is 13.4. The van der Waals surface area contributed by atoms with Crippen LogP contribution in [0, 0.1) is 0 Å². The maximum absolute atomic E-state index is 10.9. The molecule has 0 unspecified atom stereocenters. The van der Waals surface area contributed by atoms with Gasteiger partial charge in [0.05, 0.1) is 0 Å². The lowest BCUT2D eigenvalue weighted by Gasteiger charge is -2.10. The van der Waals surface area contributed by atoms with Gasteiger partial charge in [0.2, 0.25) is 5.91 Å². The van der Waals surface area contributed by atoms with Gasteiger partial charge in [0.1, 0.15) is 0 Å². The van der Waals surface area contributed by atoms with Crippen molar-refractivity contribution >= 4 is 28.9 Å². The van der Waals surface area contributed by atoms with Gasteiger partial charge in [0.25, 0.3) is 0 Å². The highest BCUT2D eigenvalue weighted by atomic mass is 32.1. The van der Waals surface area contributed by atoms with E-state index in [1.807, 2.05) is 0 Å². The summed E-state index contributed by atoms with van der Waals surface area (Å²) in [4.78, 5) is 10.9. The molecule has 0 bridgehead atoms. The molecule has 0 saturated carbocycles. The summed E-state index contributed by atoms with van der Waals surface area (Å²) in [5, 5.41) is 6.60. The van der Waals surface area contributed by atoms with E-state index >= 15 is 0 Å². The van der Waals surface area contributed by atoms with Gasteiger partial charge in [-0.15, -0.1) is 0 Å². The van der Waals surface area contributed by atoms with Crippen LogP contribution in [0.4, 0.5) is 5.69 Å². The largest absolute Gasteiger partial charge is 0.385 e. The number of ether oxygens (including phenoxy) is 1. The first-order valence-electron chi connectivity index (χ1n) is 5.57. The second-order valence-corrected chi connectivity index (χ2v) is 4.08. The van der Waals surface area contributed by atoms with Gasteiger partial charge in [0.15, 0.2) is 5.11 Å². The first kappa shape index (κ1) is 14.4. The van der Waals surface area contributed by atoms with Gasteiger partial charge < -0.3 is 21.1 Å². The van der Waals surface area contributed by atoms with Gasteiger partial charge in [-0.2, -0.15) is 0 Å². The maximum Gasteiger partial charge on any atom is 0.248 e. The summed E-state index contributed by atoms with van der Waals surface area (Å²) in [5.41, 5.74) is 6.43. The Morgan fingerprint density at radius 2 is 2.06 bits per heavy atom. The Morgan fingerprint density at radius 1 is 1.39 bits per heavy atom. The van der Waals surface area contributed by atoms with E-state index < -0.39 is 5.91 Å². The van der Waals surface area contributed by atoms with Crippen molar-refractivity contribution < 1.29 is 9.53 Å². The minimum atomic E-state index is -0.443. The standard InChI is InChI=1S/C12H17N3O2S/c1-17-8-2-7-14-12(18)15-10-5-3-9(4-6-10)11(13)16/h3-6H,2,7-8H2,1H3,(H2,13,16)(H2,14,15,18). The molecule has 1 aromatic carbocycles. The first-order chi connectivity index (χ1) is 8.63. The normalized spacial score (nSPS) is 9.83. The van der Waals surface area contributed by atoms with Gasteiger partial charge in [-0.3, -0.25) is 4.79 Å². The summed E-state index contributed by atoms with van der Waals surface area (Å²) >= 11 is 5.12. The molecular weight excluding hydrogens is 250 g/mol. The number of rotatable bonds is 6. The summed E-state index contributed by atoms with van der Waals surface area (Å²) in [6, 6.07) is 6.81. The lowest BCUT2D eigenvalue weighted by molar-refractivity contribution is 0.100. The van der Waals surface area contributed by atoms with E-state index in [1.54, 1.807) is 31.4 Å². The van der Waals surface area contributed by atoms with E-state index in [0.29, 0.717) is 17.3 Å². The number of carbonyl (C=O) groups is 1. The Kier molecular flexibility index (Phi) is 6.10. The molecule has 0 radical (unpaired) electrons. The molecule has 4 N–H and O–H groups in total. The molecule has 5 nitrogen and oxygen atoms in total. The molecule has 0 spiro atoms. The molecule has 0 aliphatic carbocycles. The average Bonchev–Trinajstić information content (AvgIpc) is 2.35. The average molecular weight is 267 g/mol. The van der Waals surface area contributed by atoms with Crippen LogP contribution in [-0.2, 0) is 4.74 Å². The molecule has 0 fully saturated rings. The fraction of sp³-hybridized carbons (Fsp3) is 0.333. The molecule has 0 aliphatic heterocycles. The number of hydrogen-bond donors (Lipinski definition) is 3. The Labute approximate surface area is 112 Å². The van der Waals surface area contributed by atoms with Crippen molar-refractivity contribution in [2.24, 2.45) is 5.73 Å². The van der Waals surface area contributed by atoms with Crippen molar-refractivity contribution in [2.45, 2.75) is 6.42 Å². The van der Waals surface area contributed by atoms with Gasteiger partial charge in [-0.05, 0) is 42.9 Å². The number of methoxy groups -OCH3 is 1. The molecule has 0 atom stereocenters. The number of carbonyl (C=O) groups excluding carboxylic acids is 1. The lowest BCUT2D eigenvalue weighted by atomic mass is 10.2. The van der Waals surface area contributed by atoms with Crippen LogP contribution in [-0.4, -0.2) is 31.3 Å². The minimum absolute atomic E-state index is 0.443. The number of anilines is 1. The van der Waals surface area contributed by atoms with Crippen LogP contribution >= 0.6 is 12.2 Å². The van der Waals surface area contributed by atoms with Crippen LogP contribution in [0.1, 0.15) is 16.8 Å². The first-order valence-corrected chi connectivity index (χ1v) is 5.98. The molecule has 98 valence electrons. The van der Waals surface area contributed by atoms with Gasteiger partial charge in [-0.25, -0.2) is 0 Å². The molecular formula is C12H17N3O2S. The second kappa shape index (κ2) is 7.62. The molecule has 18 heavy (non-hydrogen) atoms. The van der Waals surface area contributed by atoms with Crippen molar-refractivity contribution in [3.05, 3.63) is 29.8 Å².